The van der Waals surface area contributed by atoms with E-state index in [1.54, 1.807) is 36.4 Å². The molecule has 0 unspecified atom stereocenters. The van der Waals surface area contributed by atoms with Gasteiger partial charge in [-0.05, 0) is 67.6 Å². The first kappa shape index (κ1) is 20.5. The number of carboxylic acid groups (broad SMARTS) is 1. The van der Waals surface area contributed by atoms with Crippen LogP contribution in [-0.4, -0.2) is 24.3 Å². The van der Waals surface area contributed by atoms with Crippen molar-refractivity contribution < 1.29 is 19.4 Å². The Hall–Kier alpha value is -3.20. The Kier molecular flexibility index (Phi) is 6.96. The van der Waals surface area contributed by atoms with Crippen molar-refractivity contribution in [2.24, 2.45) is 5.92 Å². The van der Waals surface area contributed by atoms with Crippen molar-refractivity contribution >= 4 is 11.7 Å². The van der Waals surface area contributed by atoms with Gasteiger partial charge in [0, 0.05) is 11.8 Å². The summed E-state index contributed by atoms with van der Waals surface area (Å²) < 4.78 is 11.6. The fraction of sp³-hybridized carbons (Fsp3) is 0.391. The summed E-state index contributed by atoms with van der Waals surface area (Å²) in [6, 6.07) is 13.0. The van der Waals surface area contributed by atoms with Gasteiger partial charge in [0.05, 0.1) is 24.8 Å². The predicted octanol–water partition coefficient (Wildman–Crippen LogP) is 4.76. The third-order valence-corrected chi connectivity index (χ3v) is 5.08. The number of nitrogens with zero attached hydrogens (tertiary/aromatic N) is 1. The summed E-state index contributed by atoms with van der Waals surface area (Å²) in [5.74, 6) is 0.746. The van der Waals surface area contributed by atoms with E-state index in [0.717, 1.165) is 0 Å². The van der Waals surface area contributed by atoms with E-state index < -0.39 is 12.0 Å². The van der Waals surface area contributed by atoms with Crippen molar-refractivity contribution in [2.75, 3.05) is 18.5 Å². The molecule has 0 spiro atoms. The highest BCUT2D eigenvalue weighted by Gasteiger charge is 2.22. The Labute approximate surface area is 171 Å². The smallest absolute Gasteiger partial charge is 0.330 e. The molecule has 1 aliphatic rings. The SMILES string of the molecule is CCOc1cc(OCC2CCCC2)cc([C@@H](Nc2ccc(C#N)cc2)C(=O)O)c1. The molecule has 3 rings (SSSR count). The minimum atomic E-state index is -1.01. The number of aliphatic carboxylic acids is 1. The lowest BCUT2D eigenvalue weighted by molar-refractivity contribution is -0.138. The number of benzene rings is 2. The van der Waals surface area contributed by atoms with Crippen molar-refractivity contribution in [3.63, 3.8) is 0 Å². The van der Waals surface area contributed by atoms with E-state index in [0.29, 0.717) is 47.4 Å². The second kappa shape index (κ2) is 9.83. The van der Waals surface area contributed by atoms with E-state index in [4.69, 9.17) is 14.7 Å². The van der Waals surface area contributed by atoms with Gasteiger partial charge in [-0.2, -0.15) is 5.26 Å². The molecular formula is C23H26N2O4. The van der Waals surface area contributed by atoms with Crippen molar-refractivity contribution in [3.05, 3.63) is 53.6 Å². The average Bonchev–Trinajstić information content (AvgIpc) is 3.24. The van der Waals surface area contributed by atoms with Gasteiger partial charge in [0.1, 0.15) is 11.5 Å². The van der Waals surface area contributed by atoms with Crippen LogP contribution in [0.5, 0.6) is 11.5 Å². The normalized spacial score (nSPS) is 14.8. The van der Waals surface area contributed by atoms with Gasteiger partial charge in [0.2, 0.25) is 0 Å². The van der Waals surface area contributed by atoms with Gasteiger partial charge < -0.3 is 19.9 Å². The fourth-order valence-corrected chi connectivity index (χ4v) is 3.58. The van der Waals surface area contributed by atoms with E-state index in [-0.39, 0.29) is 0 Å². The molecule has 1 atom stereocenters. The second-order valence-electron chi connectivity index (χ2n) is 7.24. The molecule has 1 fully saturated rings. The number of nitrogens with one attached hydrogen (secondary N) is 1. The molecule has 2 N–H and O–H groups in total. The highest BCUT2D eigenvalue weighted by Crippen LogP contribution is 2.31. The number of rotatable bonds is 9. The molecule has 1 aliphatic carbocycles. The number of hydrogen-bond donors (Lipinski definition) is 2. The molecular weight excluding hydrogens is 368 g/mol. The summed E-state index contributed by atoms with van der Waals surface area (Å²) in [6.07, 6.45) is 4.84. The lowest BCUT2D eigenvalue weighted by Gasteiger charge is -2.19. The Morgan fingerprint density at radius 2 is 1.83 bits per heavy atom. The standard InChI is InChI=1S/C23H26N2O4/c1-2-28-20-11-18(12-21(13-20)29-15-17-5-3-4-6-17)22(23(26)27)25-19-9-7-16(14-24)8-10-19/h7-13,17,22,25H,2-6,15H2,1H3,(H,26,27)/t22-/m1/s1. The van der Waals surface area contributed by atoms with Gasteiger partial charge in [-0.3, -0.25) is 0 Å². The first-order valence-corrected chi connectivity index (χ1v) is 9.99. The molecule has 2 aromatic rings. The zero-order valence-corrected chi connectivity index (χ0v) is 16.6. The minimum absolute atomic E-state index is 0.478. The van der Waals surface area contributed by atoms with Crippen molar-refractivity contribution in [1.29, 1.82) is 5.26 Å². The molecule has 0 aromatic heterocycles. The van der Waals surface area contributed by atoms with Crippen LogP contribution in [0.2, 0.25) is 0 Å². The van der Waals surface area contributed by atoms with E-state index >= 15 is 0 Å². The Morgan fingerprint density at radius 3 is 2.41 bits per heavy atom. The Balaban J connectivity index is 1.82. The minimum Gasteiger partial charge on any atom is -0.494 e. The third kappa shape index (κ3) is 5.64. The zero-order valence-electron chi connectivity index (χ0n) is 16.6. The summed E-state index contributed by atoms with van der Waals surface area (Å²) >= 11 is 0. The molecule has 29 heavy (non-hydrogen) atoms. The van der Waals surface area contributed by atoms with Gasteiger partial charge in [-0.25, -0.2) is 4.79 Å². The molecule has 2 aromatic carbocycles. The molecule has 0 aliphatic heterocycles. The summed E-state index contributed by atoms with van der Waals surface area (Å²) in [7, 11) is 0. The summed E-state index contributed by atoms with van der Waals surface area (Å²) in [5, 5.41) is 21.8. The lowest BCUT2D eigenvalue weighted by Crippen LogP contribution is -2.21. The van der Waals surface area contributed by atoms with Crippen LogP contribution < -0.4 is 14.8 Å². The fourth-order valence-electron chi connectivity index (χ4n) is 3.58. The first-order valence-electron chi connectivity index (χ1n) is 9.99. The summed E-state index contributed by atoms with van der Waals surface area (Å²) in [5.41, 5.74) is 1.68. The van der Waals surface area contributed by atoms with E-state index in [9.17, 15) is 9.90 Å². The quantitative estimate of drug-likeness (QED) is 0.637. The van der Waals surface area contributed by atoms with Crippen LogP contribution in [-0.2, 0) is 4.79 Å². The summed E-state index contributed by atoms with van der Waals surface area (Å²) in [4.78, 5) is 12.0. The van der Waals surface area contributed by atoms with Crippen molar-refractivity contribution in [2.45, 2.75) is 38.6 Å². The van der Waals surface area contributed by atoms with E-state index in [2.05, 4.69) is 11.4 Å². The van der Waals surface area contributed by atoms with Crippen molar-refractivity contribution in [1.82, 2.24) is 0 Å². The van der Waals surface area contributed by atoms with Crippen LogP contribution in [0.15, 0.2) is 42.5 Å². The molecule has 0 heterocycles. The first-order chi connectivity index (χ1) is 14.1. The predicted molar refractivity (Wildman–Crippen MR) is 110 cm³/mol. The molecule has 0 bridgehead atoms. The molecule has 0 radical (unpaired) electrons. The molecule has 0 amide bonds. The Morgan fingerprint density at radius 1 is 1.17 bits per heavy atom. The van der Waals surface area contributed by atoms with Crippen LogP contribution in [0.3, 0.4) is 0 Å². The Bertz CT molecular complexity index is 867. The van der Waals surface area contributed by atoms with Crippen LogP contribution in [0.25, 0.3) is 0 Å². The zero-order chi connectivity index (χ0) is 20.6. The maximum atomic E-state index is 12.0. The number of carboxylic acids is 1. The monoisotopic (exact) mass is 394 g/mol. The van der Waals surface area contributed by atoms with Crippen molar-refractivity contribution in [3.8, 4) is 17.6 Å². The molecule has 1 saturated carbocycles. The maximum absolute atomic E-state index is 12.0. The van der Waals surface area contributed by atoms with Gasteiger partial charge in [0.15, 0.2) is 6.04 Å². The number of ether oxygens (including phenoxy) is 2. The molecule has 0 saturated heterocycles. The highest BCUT2D eigenvalue weighted by atomic mass is 16.5. The molecule has 152 valence electrons. The van der Waals surface area contributed by atoms with Gasteiger partial charge in [-0.15, -0.1) is 0 Å². The molecule has 6 nitrogen and oxygen atoms in total. The largest absolute Gasteiger partial charge is 0.494 e. The topological polar surface area (TPSA) is 91.6 Å². The third-order valence-electron chi connectivity index (χ3n) is 5.08. The van der Waals surface area contributed by atoms with Crippen LogP contribution in [0.4, 0.5) is 5.69 Å². The highest BCUT2D eigenvalue weighted by molar-refractivity contribution is 5.79. The second-order valence-corrected chi connectivity index (χ2v) is 7.24. The number of hydrogen-bond acceptors (Lipinski definition) is 5. The number of carbonyl (C=O) groups is 1. The van der Waals surface area contributed by atoms with Crippen LogP contribution >= 0.6 is 0 Å². The van der Waals surface area contributed by atoms with E-state index in [1.165, 1.54) is 25.7 Å². The lowest BCUT2D eigenvalue weighted by atomic mass is 10.0. The average molecular weight is 394 g/mol. The molecule has 6 heteroatoms. The summed E-state index contributed by atoms with van der Waals surface area (Å²) in [6.45, 7) is 3.00. The maximum Gasteiger partial charge on any atom is 0.330 e. The van der Waals surface area contributed by atoms with E-state index in [1.807, 2.05) is 13.0 Å². The van der Waals surface area contributed by atoms with Crippen LogP contribution in [0.1, 0.15) is 49.8 Å². The van der Waals surface area contributed by atoms with Gasteiger partial charge in [0.25, 0.3) is 0 Å². The van der Waals surface area contributed by atoms with Gasteiger partial charge >= 0.3 is 5.97 Å². The van der Waals surface area contributed by atoms with Crippen LogP contribution in [0, 0.1) is 17.2 Å². The van der Waals surface area contributed by atoms with Gasteiger partial charge in [-0.1, -0.05) is 12.8 Å². The number of nitriles is 1. The number of anilines is 1.